The van der Waals surface area contributed by atoms with E-state index >= 15 is 0 Å². The zero-order valence-corrected chi connectivity index (χ0v) is 10.7. The van der Waals surface area contributed by atoms with Crippen molar-refractivity contribution < 1.29 is 14.6 Å². The fourth-order valence-electron chi connectivity index (χ4n) is 2.09. The molecule has 1 aliphatic rings. The lowest BCUT2D eigenvalue weighted by atomic mass is 10.0. The molecule has 1 N–H and O–H groups in total. The van der Waals surface area contributed by atoms with E-state index in [2.05, 4.69) is 0 Å². The van der Waals surface area contributed by atoms with Crippen LogP contribution in [0, 0.1) is 0 Å². The molecule has 0 aliphatic carbocycles. The normalized spacial score (nSPS) is 21.1. The molecule has 0 saturated carbocycles. The summed E-state index contributed by atoms with van der Waals surface area (Å²) >= 11 is 5.84. The third-order valence-corrected chi connectivity index (χ3v) is 3.43. The number of hydrogen-bond donors (Lipinski definition) is 1. The molecular weight excluding hydrogens is 264 g/mol. The highest BCUT2D eigenvalue weighted by atomic mass is 35.5. The molecule has 3 nitrogen and oxygen atoms in total. The van der Waals surface area contributed by atoms with Gasteiger partial charge in [-0.3, -0.25) is 0 Å². The molecule has 0 radical (unpaired) electrons. The van der Waals surface area contributed by atoms with Gasteiger partial charge in [-0.05, 0) is 35.4 Å². The lowest BCUT2D eigenvalue weighted by molar-refractivity contribution is 0.0697. The third-order valence-electron chi connectivity index (χ3n) is 3.18. The monoisotopic (exact) mass is 274 g/mol. The fourth-order valence-corrected chi connectivity index (χ4v) is 2.21. The minimum absolute atomic E-state index is 0.00372. The Morgan fingerprint density at radius 1 is 0.947 bits per heavy atom. The van der Waals surface area contributed by atoms with Crippen LogP contribution in [0.1, 0.15) is 33.7 Å². The summed E-state index contributed by atoms with van der Waals surface area (Å²) in [4.78, 5) is 10.8. The fraction of sp³-hybridized carbons (Fsp3) is 0.133. The third kappa shape index (κ3) is 2.48. The maximum Gasteiger partial charge on any atom is 0.335 e. The lowest BCUT2D eigenvalue weighted by Gasteiger charge is -1.99. The van der Waals surface area contributed by atoms with Gasteiger partial charge in [0.2, 0.25) is 0 Å². The van der Waals surface area contributed by atoms with Gasteiger partial charge in [-0.15, -0.1) is 0 Å². The Kier molecular flexibility index (Phi) is 3.01. The van der Waals surface area contributed by atoms with Gasteiger partial charge in [0, 0.05) is 5.02 Å². The topological polar surface area (TPSA) is 49.8 Å². The predicted octanol–water partition coefficient (Wildman–Crippen LogP) is 3.85. The zero-order chi connectivity index (χ0) is 13.4. The molecule has 1 heterocycles. The van der Waals surface area contributed by atoms with Gasteiger partial charge in [-0.25, -0.2) is 4.79 Å². The van der Waals surface area contributed by atoms with Crippen molar-refractivity contribution in [2.45, 2.75) is 12.2 Å². The summed E-state index contributed by atoms with van der Waals surface area (Å²) in [6.07, 6.45) is 0.0389. The van der Waals surface area contributed by atoms with Gasteiger partial charge in [-0.1, -0.05) is 35.9 Å². The van der Waals surface area contributed by atoms with Crippen molar-refractivity contribution in [3.05, 3.63) is 70.2 Å². The van der Waals surface area contributed by atoms with Gasteiger partial charge in [0.15, 0.2) is 0 Å². The Hall–Kier alpha value is -1.84. The van der Waals surface area contributed by atoms with E-state index in [0.717, 1.165) is 11.1 Å². The Balaban J connectivity index is 1.75. The molecule has 96 valence electrons. The minimum Gasteiger partial charge on any atom is -0.478 e. The summed E-state index contributed by atoms with van der Waals surface area (Å²) in [6, 6.07) is 14.3. The molecule has 1 aliphatic heterocycles. The predicted molar refractivity (Wildman–Crippen MR) is 71.4 cm³/mol. The molecule has 0 unspecified atom stereocenters. The second-order valence-corrected chi connectivity index (χ2v) is 4.89. The molecule has 19 heavy (non-hydrogen) atoms. The van der Waals surface area contributed by atoms with E-state index in [-0.39, 0.29) is 17.8 Å². The van der Waals surface area contributed by atoms with Crippen molar-refractivity contribution in [1.29, 1.82) is 0 Å². The van der Waals surface area contributed by atoms with E-state index in [0.29, 0.717) is 5.02 Å². The Bertz CT molecular complexity index is 604. The Morgan fingerprint density at radius 2 is 1.42 bits per heavy atom. The van der Waals surface area contributed by atoms with Crippen LogP contribution in [0.15, 0.2) is 48.5 Å². The largest absolute Gasteiger partial charge is 0.478 e. The number of benzene rings is 2. The van der Waals surface area contributed by atoms with E-state index in [1.807, 2.05) is 24.3 Å². The summed E-state index contributed by atoms with van der Waals surface area (Å²) in [6.45, 7) is 0. The number of ether oxygens (including phenoxy) is 1. The SMILES string of the molecule is O=C(O)c1ccc([C@@H]2O[C@@H]2c2ccc(Cl)cc2)cc1. The van der Waals surface area contributed by atoms with Crippen molar-refractivity contribution in [2.24, 2.45) is 0 Å². The van der Waals surface area contributed by atoms with Crippen LogP contribution >= 0.6 is 11.6 Å². The van der Waals surface area contributed by atoms with Gasteiger partial charge >= 0.3 is 5.97 Å². The molecule has 2 atom stereocenters. The van der Waals surface area contributed by atoms with Crippen LogP contribution in [-0.2, 0) is 4.74 Å². The molecule has 2 aromatic rings. The minimum atomic E-state index is -0.919. The van der Waals surface area contributed by atoms with Crippen molar-refractivity contribution in [3.63, 3.8) is 0 Å². The second kappa shape index (κ2) is 4.68. The molecule has 1 fully saturated rings. The van der Waals surface area contributed by atoms with E-state index < -0.39 is 5.97 Å². The zero-order valence-electron chi connectivity index (χ0n) is 9.92. The first-order chi connectivity index (χ1) is 9.15. The number of epoxide rings is 1. The van der Waals surface area contributed by atoms with Crippen LogP contribution in [0.4, 0.5) is 0 Å². The number of carbonyl (C=O) groups is 1. The summed E-state index contributed by atoms with van der Waals surface area (Å²) in [5.41, 5.74) is 2.36. The van der Waals surface area contributed by atoms with Crippen LogP contribution in [0.25, 0.3) is 0 Å². The molecule has 0 aromatic heterocycles. The van der Waals surface area contributed by atoms with Crippen molar-refractivity contribution >= 4 is 17.6 Å². The van der Waals surface area contributed by atoms with Crippen LogP contribution in [-0.4, -0.2) is 11.1 Å². The molecule has 2 aromatic carbocycles. The average Bonchev–Trinajstić information content (AvgIpc) is 3.20. The molecule has 4 heteroatoms. The molecule has 0 bridgehead atoms. The van der Waals surface area contributed by atoms with Gasteiger partial charge in [0.1, 0.15) is 12.2 Å². The smallest absolute Gasteiger partial charge is 0.335 e. The number of carboxylic acid groups (broad SMARTS) is 1. The highest BCUT2D eigenvalue weighted by Crippen LogP contribution is 2.50. The Labute approximate surface area is 115 Å². The lowest BCUT2D eigenvalue weighted by Crippen LogP contribution is -1.95. The Morgan fingerprint density at radius 3 is 1.89 bits per heavy atom. The summed E-state index contributed by atoms with van der Waals surface area (Å²) < 4.78 is 5.64. The second-order valence-electron chi connectivity index (χ2n) is 4.46. The number of rotatable bonds is 3. The van der Waals surface area contributed by atoms with E-state index in [1.165, 1.54) is 0 Å². The summed E-state index contributed by atoms with van der Waals surface area (Å²) in [5, 5.41) is 9.54. The van der Waals surface area contributed by atoms with Crippen molar-refractivity contribution in [3.8, 4) is 0 Å². The molecule has 0 amide bonds. The number of aromatic carboxylic acids is 1. The first-order valence-electron chi connectivity index (χ1n) is 5.89. The van der Waals surface area contributed by atoms with Gasteiger partial charge in [0.25, 0.3) is 0 Å². The van der Waals surface area contributed by atoms with Crippen LogP contribution < -0.4 is 0 Å². The molecule has 0 spiro atoms. The maximum atomic E-state index is 10.8. The molecular formula is C15H11ClO3. The highest BCUT2D eigenvalue weighted by Gasteiger charge is 2.41. The number of halogens is 1. The standard InChI is InChI=1S/C15H11ClO3/c16-12-7-5-10(6-8-12)14-13(19-14)9-1-3-11(4-2-9)15(17)18/h1-8,13-14H,(H,17,18)/t13-,14+/m0/s1. The van der Waals surface area contributed by atoms with E-state index in [4.69, 9.17) is 21.4 Å². The van der Waals surface area contributed by atoms with Gasteiger partial charge in [0.05, 0.1) is 5.56 Å². The first kappa shape index (κ1) is 12.2. The van der Waals surface area contributed by atoms with Gasteiger partial charge in [-0.2, -0.15) is 0 Å². The van der Waals surface area contributed by atoms with E-state index in [9.17, 15) is 4.79 Å². The maximum absolute atomic E-state index is 10.8. The van der Waals surface area contributed by atoms with Crippen molar-refractivity contribution in [1.82, 2.24) is 0 Å². The quantitative estimate of drug-likeness (QED) is 0.865. The van der Waals surface area contributed by atoms with Crippen LogP contribution in [0.3, 0.4) is 0 Å². The summed E-state index contributed by atoms with van der Waals surface area (Å²) in [5.74, 6) is -0.919. The van der Waals surface area contributed by atoms with Crippen LogP contribution in [0.2, 0.25) is 5.02 Å². The molecule has 3 rings (SSSR count). The number of hydrogen-bond acceptors (Lipinski definition) is 2. The average molecular weight is 275 g/mol. The number of carboxylic acids is 1. The molecule has 1 saturated heterocycles. The van der Waals surface area contributed by atoms with Gasteiger partial charge < -0.3 is 9.84 Å². The highest BCUT2D eigenvalue weighted by molar-refractivity contribution is 6.30. The van der Waals surface area contributed by atoms with Crippen molar-refractivity contribution in [2.75, 3.05) is 0 Å². The summed E-state index contributed by atoms with van der Waals surface area (Å²) in [7, 11) is 0. The first-order valence-corrected chi connectivity index (χ1v) is 6.27. The van der Waals surface area contributed by atoms with Crippen LogP contribution in [0.5, 0.6) is 0 Å². The van der Waals surface area contributed by atoms with E-state index in [1.54, 1.807) is 24.3 Å².